The van der Waals surface area contributed by atoms with Gasteiger partial charge in [0.05, 0.1) is 5.39 Å². The van der Waals surface area contributed by atoms with E-state index in [2.05, 4.69) is 72.4 Å². The molecule has 2 nitrogen and oxygen atoms in total. The minimum absolute atomic E-state index is 0.787. The van der Waals surface area contributed by atoms with Gasteiger partial charge in [0.1, 0.15) is 7.05 Å². The number of anilines is 1. The van der Waals surface area contributed by atoms with Gasteiger partial charge in [0.2, 0.25) is 5.52 Å². The lowest BCUT2D eigenvalue weighted by Gasteiger charge is -2.06. The maximum absolute atomic E-state index is 5.76. The average Bonchev–Trinajstić information content (AvgIpc) is 2.62. The molecule has 0 fully saturated rings. The van der Waals surface area contributed by atoms with Crippen LogP contribution in [0.15, 0.2) is 72.9 Å². The predicted molar refractivity (Wildman–Crippen MR) is 102 cm³/mol. The Labute approximate surface area is 141 Å². The topological polar surface area (TPSA) is 29.9 Å². The van der Waals surface area contributed by atoms with Gasteiger partial charge in [-0.25, -0.2) is 4.57 Å². The number of hydrogen-bond donors (Lipinski definition) is 1. The first-order valence-corrected chi connectivity index (χ1v) is 8.06. The molecule has 0 bridgehead atoms. The third kappa shape index (κ3) is 2.52. The Morgan fingerprint density at radius 3 is 2.46 bits per heavy atom. The quantitative estimate of drug-likeness (QED) is 0.328. The molecule has 3 aromatic carbocycles. The van der Waals surface area contributed by atoms with Crippen molar-refractivity contribution in [3.8, 4) is 0 Å². The van der Waals surface area contributed by atoms with Gasteiger partial charge in [0.25, 0.3) is 0 Å². The number of fused-ring (bicyclic) bond motifs is 3. The Kier molecular flexibility index (Phi) is 3.51. The van der Waals surface area contributed by atoms with Crippen LogP contribution in [0.2, 0.25) is 0 Å². The van der Waals surface area contributed by atoms with E-state index in [1.807, 2.05) is 24.3 Å². The fraction of sp³-hybridized carbons (Fsp3) is 0.0455. The Morgan fingerprint density at radius 1 is 0.833 bits per heavy atom. The molecule has 116 valence electrons. The van der Waals surface area contributed by atoms with Crippen molar-refractivity contribution >= 4 is 39.5 Å². The van der Waals surface area contributed by atoms with Crippen LogP contribution < -0.4 is 10.3 Å². The summed E-state index contributed by atoms with van der Waals surface area (Å²) in [6, 6.07) is 23.0. The number of aryl methyl sites for hydroxylation is 1. The zero-order valence-electron chi connectivity index (χ0n) is 13.6. The molecular formula is C22H19N2+. The summed E-state index contributed by atoms with van der Waals surface area (Å²) < 4.78 is 2.17. The van der Waals surface area contributed by atoms with Crippen LogP contribution in [-0.2, 0) is 7.05 Å². The van der Waals surface area contributed by atoms with Gasteiger partial charge in [0.15, 0.2) is 6.20 Å². The molecule has 0 aliphatic carbocycles. The summed E-state index contributed by atoms with van der Waals surface area (Å²) in [6.07, 6.45) is 6.43. The second-order valence-electron chi connectivity index (χ2n) is 6.06. The van der Waals surface area contributed by atoms with Gasteiger partial charge >= 0.3 is 0 Å². The maximum atomic E-state index is 5.76. The molecule has 0 spiro atoms. The molecule has 0 aliphatic heterocycles. The number of rotatable bonds is 2. The monoisotopic (exact) mass is 311 g/mol. The normalized spacial score (nSPS) is 11.5. The zero-order chi connectivity index (χ0) is 16.5. The van der Waals surface area contributed by atoms with Crippen LogP contribution in [0.5, 0.6) is 0 Å². The van der Waals surface area contributed by atoms with Crippen molar-refractivity contribution in [3.63, 3.8) is 0 Å². The molecule has 2 heteroatoms. The van der Waals surface area contributed by atoms with Crippen molar-refractivity contribution in [2.75, 3.05) is 5.73 Å². The second-order valence-corrected chi connectivity index (χ2v) is 6.06. The first kappa shape index (κ1) is 14.5. The fourth-order valence-electron chi connectivity index (χ4n) is 3.15. The lowest BCUT2D eigenvalue weighted by atomic mass is 10.00. The largest absolute Gasteiger partial charge is 0.399 e. The van der Waals surface area contributed by atoms with Crippen LogP contribution in [0.3, 0.4) is 0 Å². The maximum Gasteiger partial charge on any atom is 0.213 e. The molecule has 4 rings (SSSR count). The van der Waals surface area contributed by atoms with E-state index in [0.29, 0.717) is 0 Å². The minimum Gasteiger partial charge on any atom is -0.399 e. The van der Waals surface area contributed by atoms with Crippen LogP contribution in [0.4, 0.5) is 5.69 Å². The molecule has 4 aromatic rings. The number of nitrogens with two attached hydrogens (primary N) is 1. The highest BCUT2D eigenvalue weighted by Gasteiger charge is 2.11. The minimum atomic E-state index is 0.787. The second kappa shape index (κ2) is 5.82. The van der Waals surface area contributed by atoms with E-state index in [0.717, 1.165) is 11.3 Å². The Hall–Kier alpha value is -3.13. The highest BCUT2D eigenvalue weighted by Crippen LogP contribution is 2.27. The number of pyridine rings is 1. The van der Waals surface area contributed by atoms with Gasteiger partial charge in [-0.05, 0) is 40.1 Å². The van der Waals surface area contributed by atoms with E-state index in [4.69, 9.17) is 5.73 Å². The number of benzene rings is 3. The van der Waals surface area contributed by atoms with Gasteiger partial charge < -0.3 is 5.73 Å². The van der Waals surface area contributed by atoms with Crippen LogP contribution in [0, 0.1) is 0 Å². The molecule has 0 radical (unpaired) electrons. The van der Waals surface area contributed by atoms with Crippen molar-refractivity contribution in [3.05, 3.63) is 84.1 Å². The lowest BCUT2D eigenvalue weighted by Crippen LogP contribution is -2.28. The summed E-state index contributed by atoms with van der Waals surface area (Å²) in [5.41, 5.74) is 10.1. The summed E-state index contributed by atoms with van der Waals surface area (Å²) >= 11 is 0. The summed E-state index contributed by atoms with van der Waals surface area (Å²) in [5, 5.41) is 3.83. The molecule has 0 saturated carbocycles. The molecule has 0 aliphatic rings. The smallest absolute Gasteiger partial charge is 0.213 e. The van der Waals surface area contributed by atoms with Crippen molar-refractivity contribution in [1.82, 2.24) is 0 Å². The van der Waals surface area contributed by atoms with Crippen molar-refractivity contribution in [2.45, 2.75) is 0 Å². The molecule has 1 aromatic heterocycles. The Morgan fingerprint density at radius 2 is 1.62 bits per heavy atom. The number of aromatic nitrogens is 1. The van der Waals surface area contributed by atoms with Gasteiger partial charge in [-0.2, -0.15) is 0 Å². The number of hydrogen-bond acceptors (Lipinski definition) is 1. The molecule has 1 heterocycles. The molecular weight excluding hydrogens is 292 g/mol. The van der Waals surface area contributed by atoms with Crippen molar-refractivity contribution in [2.24, 2.45) is 7.05 Å². The first-order valence-electron chi connectivity index (χ1n) is 8.06. The fourth-order valence-corrected chi connectivity index (χ4v) is 3.15. The zero-order valence-corrected chi connectivity index (χ0v) is 13.6. The third-order valence-corrected chi connectivity index (χ3v) is 4.45. The van der Waals surface area contributed by atoms with E-state index >= 15 is 0 Å². The highest BCUT2D eigenvalue weighted by molar-refractivity contribution is 6.09. The molecule has 0 amide bonds. The highest BCUT2D eigenvalue weighted by atomic mass is 14.9. The van der Waals surface area contributed by atoms with E-state index in [1.165, 1.54) is 27.2 Å². The van der Waals surface area contributed by atoms with Crippen LogP contribution in [-0.4, -0.2) is 0 Å². The summed E-state index contributed by atoms with van der Waals surface area (Å²) in [4.78, 5) is 0. The molecule has 0 unspecified atom stereocenters. The van der Waals surface area contributed by atoms with Crippen molar-refractivity contribution < 1.29 is 4.57 Å². The first-order chi connectivity index (χ1) is 11.7. The van der Waals surface area contributed by atoms with Crippen molar-refractivity contribution in [1.29, 1.82) is 0 Å². The molecule has 2 N–H and O–H groups in total. The van der Waals surface area contributed by atoms with E-state index in [-0.39, 0.29) is 0 Å². The van der Waals surface area contributed by atoms with E-state index < -0.39 is 0 Å². The van der Waals surface area contributed by atoms with Crippen LogP contribution >= 0.6 is 0 Å². The molecule has 0 saturated heterocycles. The lowest BCUT2D eigenvalue weighted by molar-refractivity contribution is -0.644. The summed E-state index contributed by atoms with van der Waals surface area (Å²) in [7, 11) is 2.09. The Bertz CT molecular complexity index is 1060. The molecule has 24 heavy (non-hydrogen) atoms. The summed E-state index contributed by atoms with van der Waals surface area (Å²) in [5.74, 6) is 0. The third-order valence-electron chi connectivity index (χ3n) is 4.45. The van der Waals surface area contributed by atoms with Gasteiger partial charge in [-0.1, -0.05) is 48.6 Å². The SMILES string of the molecule is C[n+]1ccc(/C=C\c2ccc(N)cc2)c2c3ccccc3ccc21. The molecule has 0 atom stereocenters. The standard InChI is InChI=1S/C22H18N2/c1-24-15-14-18(9-6-16-7-11-19(23)12-8-16)22-20-5-3-2-4-17(20)10-13-21(22)24/h2-15,23H,1H3/p+1. The van der Waals surface area contributed by atoms with Gasteiger partial charge in [-0.3, -0.25) is 0 Å². The van der Waals surface area contributed by atoms with Gasteiger partial charge in [0, 0.05) is 17.8 Å². The summed E-state index contributed by atoms with van der Waals surface area (Å²) in [6.45, 7) is 0. The predicted octanol–water partition coefficient (Wildman–Crippen LogP) is 4.57. The van der Waals surface area contributed by atoms with Crippen LogP contribution in [0.1, 0.15) is 11.1 Å². The number of nitrogen functional groups attached to an aromatic ring is 1. The Balaban J connectivity index is 1.93. The van der Waals surface area contributed by atoms with E-state index in [9.17, 15) is 0 Å². The van der Waals surface area contributed by atoms with E-state index in [1.54, 1.807) is 0 Å². The van der Waals surface area contributed by atoms with Gasteiger partial charge in [-0.15, -0.1) is 0 Å². The average molecular weight is 311 g/mol. The van der Waals surface area contributed by atoms with Crippen LogP contribution in [0.25, 0.3) is 33.8 Å². The number of nitrogens with zero attached hydrogens (tertiary/aromatic N) is 1.